The summed E-state index contributed by atoms with van der Waals surface area (Å²) in [4.78, 5) is 25.2. The topological polar surface area (TPSA) is 59.3 Å². The summed E-state index contributed by atoms with van der Waals surface area (Å²) in [7, 11) is 0. The minimum Gasteiger partial charge on any atom is -0.477 e. The first-order valence-electron chi connectivity index (χ1n) is 10.6. The van der Waals surface area contributed by atoms with Gasteiger partial charge in [-0.05, 0) is 54.2 Å². The van der Waals surface area contributed by atoms with Crippen molar-refractivity contribution >= 4 is 28.2 Å². The average Bonchev–Trinajstić information content (AvgIpc) is 3.41. The van der Waals surface area contributed by atoms with Crippen molar-refractivity contribution in [3.05, 3.63) is 88.6 Å². The number of carboxylic acids is 1. The molecular formula is C26H21F2NO3. The molecule has 1 heterocycles. The number of hydrogen-bond acceptors (Lipinski definition) is 2. The molecule has 0 spiro atoms. The van der Waals surface area contributed by atoms with E-state index in [1.807, 2.05) is 18.2 Å². The molecule has 0 saturated heterocycles. The Hall–Kier alpha value is -3.54. The normalized spacial score (nSPS) is 20.0. The number of Topliss-reactive ketones (excluding diaryl/α,β-unsaturated/α-hetero) is 1. The van der Waals surface area contributed by atoms with Gasteiger partial charge in [0, 0.05) is 34.0 Å². The summed E-state index contributed by atoms with van der Waals surface area (Å²) >= 11 is 0. The molecule has 1 fully saturated rings. The molecule has 0 amide bonds. The molecule has 162 valence electrons. The third-order valence-electron chi connectivity index (χ3n) is 6.44. The van der Waals surface area contributed by atoms with Gasteiger partial charge in [0.15, 0.2) is 5.78 Å². The minimum atomic E-state index is -1.22. The van der Waals surface area contributed by atoms with Crippen LogP contribution in [0.5, 0.6) is 0 Å². The lowest BCUT2D eigenvalue weighted by Gasteiger charge is -2.12. The van der Waals surface area contributed by atoms with Crippen LogP contribution in [0.3, 0.4) is 0 Å². The Labute approximate surface area is 183 Å². The van der Waals surface area contributed by atoms with Gasteiger partial charge in [-0.3, -0.25) is 4.79 Å². The van der Waals surface area contributed by atoms with Crippen LogP contribution in [-0.2, 0) is 11.3 Å². The van der Waals surface area contributed by atoms with Crippen molar-refractivity contribution < 1.29 is 23.5 Å². The first-order chi connectivity index (χ1) is 15.3. The maximum atomic E-state index is 14.4. The first-order valence-corrected chi connectivity index (χ1v) is 10.6. The fourth-order valence-electron chi connectivity index (χ4n) is 4.65. The summed E-state index contributed by atoms with van der Waals surface area (Å²) in [6, 6.07) is 8.86. The van der Waals surface area contributed by atoms with Gasteiger partial charge >= 0.3 is 5.97 Å². The number of ketones is 1. The minimum absolute atomic E-state index is 0.0414. The Kier molecular flexibility index (Phi) is 4.81. The third-order valence-corrected chi connectivity index (χ3v) is 6.44. The van der Waals surface area contributed by atoms with E-state index in [0.29, 0.717) is 33.9 Å². The van der Waals surface area contributed by atoms with Gasteiger partial charge in [-0.2, -0.15) is 0 Å². The van der Waals surface area contributed by atoms with Crippen LogP contribution < -0.4 is 0 Å². The van der Waals surface area contributed by atoms with Gasteiger partial charge in [-0.25, -0.2) is 13.6 Å². The maximum absolute atomic E-state index is 14.4. The molecule has 2 aliphatic rings. The van der Waals surface area contributed by atoms with Crippen LogP contribution in [0, 0.1) is 17.6 Å². The quantitative estimate of drug-likeness (QED) is 0.561. The zero-order valence-corrected chi connectivity index (χ0v) is 17.4. The molecule has 3 aromatic rings. The lowest BCUT2D eigenvalue weighted by molar-refractivity contribution is -0.113. The van der Waals surface area contributed by atoms with Crippen molar-refractivity contribution in [3.63, 3.8) is 0 Å². The Morgan fingerprint density at radius 3 is 2.66 bits per heavy atom. The summed E-state index contributed by atoms with van der Waals surface area (Å²) in [6.45, 7) is 1.99. The number of hydrogen-bond donors (Lipinski definition) is 1. The summed E-state index contributed by atoms with van der Waals surface area (Å²) in [6.07, 6.45) is 6.35. The van der Waals surface area contributed by atoms with E-state index in [0.717, 1.165) is 30.2 Å². The standard InChI is InChI=1S/C26H21F2NO3/c1-14-10-19(14)15-6-9-22-20(12-15)24(18-4-2-3-5-23(18)30)25(26(31)32)29(22)13-16-11-17(27)7-8-21(16)28/h2-4,6-9,11-12,14,19H,5,10,13H2,1H3,(H,31,32)/t14-,19+/m1/s1. The van der Waals surface area contributed by atoms with Crippen LogP contribution >= 0.6 is 0 Å². The number of nitrogens with zero attached hydrogens (tertiary/aromatic N) is 1. The number of carboxylic acid groups (broad SMARTS) is 1. The van der Waals surface area contributed by atoms with Gasteiger partial charge < -0.3 is 9.67 Å². The van der Waals surface area contributed by atoms with Crippen molar-refractivity contribution in [1.29, 1.82) is 0 Å². The number of carbonyl (C=O) groups excluding carboxylic acids is 1. The summed E-state index contributed by atoms with van der Waals surface area (Å²) < 4.78 is 29.7. The lowest BCUT2D eigenvalue weighted by Crippen LogP contribution is -2.14. The second kappa shape index (κ2) is 7.55. The highest BCUT2D eigenvalue weighted by molar-refractivity contribution is 6.27. The molecule has 4 nitrogen and oxygen atoms in total. The summed E-state index contributed by atoms with van der Waals surface area (Å²) in [5.41, 5.74) is 2.28. The molecule has 0 bridgehead atoms. The molecular weight excluding hydrogens is 412 g/mol. The molecule has 0 aliphatic heterocycles. The van der Waals surface area contributed by atoms with E-state index in [9.17, 15) is 23.5 Å². The number of carbonyl (C=O) groups is 2. The van der Waals surface area contributed by atoms with Gasteiger partial charge in [0.05, 0.1) is 6.54 Å². The van der Waals surface area contributed by atoms with Gasteiger partial charge in [0.25, 0.3) is 0 Å². The van der Waals surface area contributed by atoms with Crippen LogP contribution in [0.25, 0.3) is 16.5 Å². The lowest BCUT2D eigenvalue weighted by atomic mass is 9.92. The Morgan fingerprint density at radius 2 is 1.97 bits per heavy atom. The molecule has 32 heavy (non-hydrogen) atoms. The number of allylic oxidation sites excluding steroid dienone is 4. The maximum Gasteiger partial charge on any atom is 0.353 e. The SMILES string of the molecule is C[C@@H]1C[C@@H]1c1ccc2c(c1)c(C1=CC=CCC1=O)c(C(=O)O)n2Cc1cc(F)ccc1F. The largest absolute Gasteiger partial charge is 0.477 e. The van der Waals surface area contributed by atoms with E-state index in [1.165, 1.54) is 4.57 Å². The molecule has 2 atom stereocenters. The van der Waals surface area contributed by atoms with E-state index < -0.39 is 17.6 Å². The molecule has 6 heteroatoms. The Morgan fingerprint density at radius 1 is 1.19 bits per heavy atom. The van der Waals surface area contributed by atoms with E-state index in [-0.39, 0.29) is 30.0 Å². The molecule has 2 aliphatic carbocycles. The molecule has 2 aromatic carbocycles. The van der Waals surface area contributed by atoms with E-state index >= 15 is 0 Å². The van der Waals surface area contributed by atoms with Crippen molar-refractivity contribution in [2.24, 2.45) is 5.92 Å². The van der Waals surface area contributed by atoms with Gasteiger partial charge in [0.1, 0.15) is 17.3 Å². The molecule has 0 radical (unpaired) electrons. The Balaban J connectivity index is 1.79. The van der Waals surface area contributed by atoms with Crippen molar-refractivity contribution in [3.8, 4) is 0 Å². The summed E-state index contributed by atoms with van der Waals surface area (Å²) in [5.74, 6) is -1.66. The monoisotopic (exact) mass is 433 g/mol. The highest BCUT2D eigenvalue weighted by Crippen LogP contribution is 2.48. The molecule has 1 saturated carbocycles. The molecule has 1 aromatic heterocycles. The Bertz CT molecular complexity index is 1350. The zero-order valence-electron chi connectivity index (χ0n) is 17.4. The third kappa shape index (κ3) is 3.36. The molecule has 5 rings (SSSR count). The second-order valence-corrected chi connectivity index (χ2v) is 8.58. The number of halogens is 2. The fraction of sp³-hybridized carbons (Fsp3) is 0.231. The highest BCUT2D eigenvalue weighted by atomic mass is 19.1. The number of benzene rings is 2. The van der Waals surface area contributed by atoms with Crippen LogP contribution in [-0.4, -0.2) is 21.4 Å². The van der Waals surface area contributed by atoms with Crippen molar-refractivity contribution in [1.82, 2.24) is 4.57 Å². The number of aromatic carboxylic acids is 1. The smallest absolute Gasteiger partial charge is 0.353 e. The van der Waals surface area contributed by atoms with Crippen LogP contribution in [0.4, 0.5) is 8.78 Å². The van der Waals surface area contributed by atoms with Crippen LogP contribution in [0.2, 0.25) is 0 Å². The fourth-order valence-corrected chi connectivity index (χ4v) is 4.65. The van der Waals surface area contributed by atoms with E-state index in [1.54, 1.807) is 18.2 Å². The number of rotatable bonds is 5. The zero-order chi connectivity index (χ0) is 22.6. The first kappa shape index (κ1) is 20.4. The molecule has 1 N–H and O–H groups in total. The van der Waals surface area contributed by atoms with Crippen molar-refractivity contribution in [2.45, 2.75) is 32.2 Å². The number of aromatic nitrogens is 1. The van der Waals surface area contributed by atoms with Gasteiger partial charge in [-0.15, -0.1) is 0 Å². The molecule has 0 unspecified atom stereocenters. The van der Waals surface area contributed by atoms with Crippen LogP contribution in [0.15, 0.2) is 54.6 Å². The van der Waals surface area contributed by atoms with E-state index in [2.05, 4.69) is 6.92 Å². The second-order valence-electron chi connectivity index (χ2n) is 8.58. The highest BCUT2D eigenvalue weighted by Gasteiger charge is 2.35. The van der Waals surface area contributed by atoms with Gasteiger partial charge in [-0.1, -0.05) is 31.2 Å². The average molecular weight is 433 g/mol. The predicted molar refractivity (Wildman–Crippen MR) is 118 cm³/mol. The van der Waals surface area contributed by atoms with Crippen LogP contribution in [0.1, 0.15) is 52.9 Å². The number of fused-ring (bicyclic) bond motifs is 1. The summed E-state index contributed by atoms with van der Waals surface area (Å²) in [5, 5.41) is 10.8. The predicted octanol–water partition coefficient (Wildman–Crippen LogP) is 5.70. The van der Waals surface area contributed by atoms with Crippen molar-refractivity contribution in [2.75, 3.05) is 0 Å². The van der Waals surface area contributed by atoms with E-state index in [4.69, 9.17) is 0 Å². The van der Waals surface area contributed by atoms with Gasteiger partial charge in [0.2, 0.25) is 0 Å².